The third-order valence-electron chi connectivity index (χ3n) is 1.62. The van der Waals surface area contributed by atoms with Crippen LogP contribution < -0.4 is 0 Å². The molecule has 0 aromatic heterocycles. The molecule has 4 heteroatoms. The maximum atomic E-state index is 9.22. The number of aliphatic hydroxyl groups is 3. The predicted octanol–water partition coefficient (Wildman–Crippen LogP) is -1.16. The summed E-state index contributed by atoms with van der Waals surface area (Å²) in [5.41, 5.74) is 0. The van der Waals surface area contributed by atoms with E-state index in [1.165, 1.54) is 0 Å². The van der Waals surface area contributed by atoms with Crippen LogP contribution in [0.3, 0.4) is 0 Å². The Balaban J connectivity index is 2.45. The quantitative estimate of drug-likeness (QED) is 0.438. The molecule has 1 saturated heterocycles. The number of hydrogen-bond acceptors (Lipinski definition) is 4. The van der Waals surface area contributed by atoms with Crippen LogP contribution in [0.4, 0.5) is 0 Å². The first kappa shape index (κ1) is 7.94. The molecule has 3 N–H and O–H groups in total. The van der Waals surface area contributed by atoms with Crippen LogP contribution in [0.25, 0.3) is 0 Å². The smallest absolute Gasteiger partial charge is 0.191 e. The van der Waals surface area contributed by atoms with Crippen molar-refractivity contribution in [2.45, 2.75) is 24.7 Å². The molecule has 2 atom stereocenters. The van der Waals surface area contributed by atoms with Gasteiger partial charge in [-0.25, -0.2) is 0 Å². The summed E-state index contributed by atoms with van der Waals surface area (Å²) in [5, 5.41) is 26.8. The van der Waals surface area contributed by atoms with E-state index >= 15 is 0 Å². The minimum atomic E-state index is -1.50. The van der Waals surface area contributed by atoms with Crippen molar-refractivity contribution in [1.82, 2.24) is 0 Å². The highest BCUT2D eigenvalue weighted by Crippen LogP contribution is 2.21. The van der Waals surface area contributed by atoms with Gasteiger partial charge in [0.1, 0.15) is 0 Å². The Kier molecular flexibility index (Phi) is 2.25. The highest BCUT2D eigenvalue weighted by molar-refractivity contribution is 4.75. The molecular weight excluding hydrogens is 136 g/mol. The summed E-state index contributed by atoms with van der Waals surface area (Å²) in [6.07, 6.45) is 0.0807. The summed E-state index contributed by atoms with van der Waals surface area (Å²) < 4.78 is 4.83. The van der Waals surface area contributed by atoms with Gasteiger partial charge in [0.05, 0.1) is 19.3 Å². The molecule has 0 spiro atoms. The SMILES string of the molecule is OCC1(O)CC(O)CCO1. The van der Waals surface area contributed by atoms with Crippen LogP contribution in [0.15, 0.2) is 0 Å². The second-order valence-corrected chi connectivity index (χ2v) is 2.60. The fourth-order valence-corrected chi connectivity index (χ4v) is 1.02. The highest BCUT2D eigenvalue weighted by Gasteiger charge is 2.33. The largest absolute Gasteiger partial charge is 0.393 e. The maximum absolute atomic E-state index is 9.22. The molecule has 2 unspecified atom stereocenters. The molecule has 4 nitrogen and oxygen atoms in total. The van der Waals surface area contributed by atoms with E-state index in [0.717, 1.165) is 0 Å². The van der Waals surface area contributed by atoms with Crippen LogP contribution in [0.2, 0.25) is 0 Å². The van der Waals surface area contributed by atoms with Crippen molar-refractivity contribution in [2.24, 2.45) is 0 Å². The molecule has 60 valence electrons. The average Bonchev–Trinajstić information content (AvgIpc) is 1.88. The Morgan fingerprint density at radius 1 is 1.60 bits per heavy atom. The second-order valence-electron chi connectivity index (χ2n) is 2.60. The van der Waals surface area contributed by atoms with Gasteiger partial charge in [-0.15, -0.1) is 0 Å². The molecule has 0 aromatic carbocycles. The predicted molar refractivity (Wildman–Crippen MR) is 33.2 cm³/mol. The van der Waals surface area contributed by atoms with Crippen LogP contribution in [0.5, 0.6) is 0 Å². The van der Waals surface area contributed by atoms with Gasteiger partial charge in [0.25, 0.3) is 0 Å². The Hall–Kier alpha value is -0.160. The van der Waals surface area contributed by atoms with E-state index in [2.05, 4.69) is 0 Å². The van der Waals surface area contributed by atoms with Gasteiger partial charge in [-0.05, 0) is 6.42 Å². The summed E-state index contributed by atoms with van der Waals surface area (Å²) >= 11 is 0. The van der Waals surface area contributed by atoms with Gasteiger partial charge in [-0.3, -0.25) is 0 Å². The average molecular weight is 148 g/mol. The molecule has 1 heterocycles. The first-order chi connectivity index (χ1) is 4.66. The highest BCUT2D eigenvalue weighted by atomic mass is 16.6. The molecule has 1 fully saturated rings. The molecule has 0 aliphatic carbocycles. The molecular formula is C6H12O4. The van der Waals surface area contributed by atoms with E-state index in [9.17, 15) is 5.11 Å². The lowest BCUT2D eigenvalue weighted by Gasteiger charge is -2.32. The fraction of sp³-hybridized carbons (Fsp3) is 1.00. The third-order valence-corrected chi connectivity index (χ3v) is 1.62. The standard InChI is InChI=1S/C6H12O4/c7-4-6(9)3-5(8)1-2-10-6/h5,7-9H,1-4H2. The minimum absolute atomic E-state index is 0.101. The topological polar surface area (TPSA) is 69.9 Å². The van der Waals surface area contributed by atoms with E-state index in [-0.39, 0.29) is 6.42 Å². The van der Waals surface area contributed by atoms with Crippen molar-refractivity contribution in [3.05, 3.63) is 0 Å². The summed E-state index contributed by atoms with van der Waals surface area (Å²) in [6, 6.07) is 0. The van der Waals surface area contributed by atoms with Crippen LogP contribution in [0, 0.1) is 0 Å². The Morgan fingerprint density at radius 3 is 2.70 bits per heavy atom. The molecule has 0 amide bonds. The zero-order valence-electron chi connectivity index (χ0n) is 5.66. The number of aliphatic hydroxyl groups excluding tert-OH is 2. The minimum Gasteiger partial charge on any atom is -0.393 e. The van der Waals surface area contributed by atoms with E-state index in [0.29, 0.717) is 13.0 Å². The molecule has 0 aromatic rings. The summed E-state index contributed by atoms with van der Waals surface area (Å²) in [6.45, 7) is -0.151. The van der Waals surface area contributed by atoms with Crippen molar-refractivity contribution in [1.29, 1.82) is 0 Å². The van der Waals surface area contributed by atoms with Gasteiger partial charge >= 0.3 is 0 Å². The summed E-state index contributed by atoms with van der Waals surface area (Å²) in [4.78, 5) is 0. The molecule has 0 radical (unpaired) electrons. The van der Waals surface area contributed by atoms with Gasteiger partial charge in [0.2, 0.25) is 0 Å². The summed E-state index contributed by atoms with van der Waals surface area (Å²) in [7, 11) is 0. The van der Waals surface area contributed by atoms with E-state index < -0.39 is 18.5 Å². The molecule has 0 bridgehead atoms. The van der Waals surface area contributed by atoms with Crippen molar-refractivity contribution in [3.63, 3.8) is 0 Å². The van der Waals surface area contributed by atoms with Crippen LogP contribution >= 0.6 is 0 Å². The van der Waals surface area contributed by atoms with E-state index in [4.69, 9.17) is 14.9 Å². The van der Waals surface area contributed by atoms with E-state index in [1.807, 2.05) is 0 Å². The molecule has 1 aliphatic heterocycles. The number of hydrogen-bond donors (Lipinski definition) is 3. The fourth-order valence-electron chi connectivity index (χ4n) is 1.02. The molecule has 1 rings (SSSR count). The zero-order chi connectivity index (χ0) is 7.61. The Bertz CT molecular complexity index is 116. The third kappa shape index (κ3) is 1.67. The lowest BCUT2D eigenvalue weighted by Crippen LogP contribution is -2.44. The van der Waals surface area contributed by atoms with Crippen molar-refractivity contribution in [2.75, 3.05) is 13.2 Å². The number of ether oxygens (including phenoxy) is 1. The van der Waals surface area contributed by atoms with Gasteiger partial charge in [-0.2, -0.15) is 0 Å². The second kappa shape index (κ2) is 2.84. The van der Waals surface area contributed by atoms with Crippen molar-refractivity contribution in [3.8, 4) is 0 Å². The Morgan fingerprint density at radius 2 is 2.30 bits per heavy atom. The zero-order valence-corrected chi connectivity index (χ0v) is 5.66. The molecule has 1 aliphatic rings. The van der Waals surface area contributed by atoms with Gasteiger partial charge < -0.3 is 20.1 Å². The maximum Gasteiger partial charge on any atom is 0.191 e. The van der Waals surface area contributed by atoms with E-state index in [1.54, 1.807) is 0 Å². The van der Waals surface area contributed by atoms with Crippen molar-refractivity contribution >= 4 is 0 Å². The van der Waals surface area contributed by atoms with Crippen LogP contribution in [0.1, 0.15) is 12.8 Å². The van der Waals surface area contributed by atoms with Gasteiger partial charge in [0, 0.05) is 6.42 Å². The normalized spacial score (nSPS) is 41.7. The first-order valence-electron chi connectivity index (χ1n) is 3.31. The molecule has 0 saturated carbocycles. The Labute approximate surface area is 59.1 Å². The van der Waals surface area contributed by atoms with Gasteiger partial charge in [-0.1, -0.05) is 0 Å². The number of rotatable bonds is 1. The molecule has 10 heavy (non-hydrogen) atoms. The monoisotopic (exact) mass is 148 g/mol. The van der Waals surface area contributed by atoms with Crippen LogP contribution in [-0.4, -0.2) is 40.4 Å². The lowest BCUT2D eigenvalue weighted by molar-refractivity contribution is -0.259. The lowest BCUT2D eigenvalue weighted by atomic mass is 10.0. The van der Waals surface area contributed by atoms with Crippen LogP contribution in [-0.2, 0) is 4.74 Å². The van der Waals surface area contributed by atoms with Crippen molar-refractivity contribution < 1.29 is 20.1 Å². The van der Waals surface area contributed by atoms with Gasteiger partial charge in [0.15, 0.2) is 5.79 Å². The first-order valence-corrected chi connectivity index (χ1v) is 3.31. The summed E-state index contributed by atoms with van der Waals surface area (Å²) in [5.74, 6) is -1.50.